The molecule has 0 aliphatic heterocycles. The van der Waals surface area contributed by atoms with Crippen LogP contribution in [-0.2, 0) is 65.4 Å². The van der Waals surface area contributed by atoms with Crippen molar-refractivity contribution >= 4 is 39.5 Å². The largest absolute Gasteiger partial charge is 0.472 e. The molecule has 19 heteroatoms. The van der Waals surface area contributed by atoms with E-state index in [1.165, 1.54) is 173 Å². The van der Waals surface area contributed by atoms with Gasteiger partial charge in [-0.2, -0.15) is 0 Å². The fourth-order valence-electron chi connectivity index (χ4n) is 11.2. The van der Waals surface area contributed by atoms with Crippen molar-refractivity contribution in [1.82, 2.24) is 0 Å². The Hall–Kier alpha value is -1.94. The standard InChI is InChI=1S/C74H144O17P2/c1-8-9-10-11-31-41-48-55-71(76)84-61-69(90-74(79)58-51-44-37-30-24-27-34-40-47-54-67(6)7)63-88-92(80,81)86-59-68(75)60-87-93(82,83)89-64-70(62-85-72(77)56-49-42-35-28-22-19-15-17-21-26-33-39-46-53-66(4)5)91-73(78)57-50-43-36-29-23-18-14-12-13-16-20-25-32-38-45-52-65(2)3/h65-70,75H,8-64H2,1-7H3,(H,80,81)(H,82,83)/t68-,69+,70+/m0/s1. The molecule has 0 saturated carbocycles. The van der Waals surface area contributed by atoms with Crippen LogP contribution in [0.3, 0.4) is 0 Å². The highest BCUT2D eigenvalue weighted by Gasteiger charge is 2.30. The van der Waals surface area contributed by atoms with E-state index < -0.39 is 97.5 Å². The third-order valence-corrected chi connectivity index (χ3v) is 19.0. The van der Waals surface area contributed by atoms with Crippen molar-refractivity contribution in [3.8, 4) is 0 Å². The third-order valence-electron chi connectivity index (χ3n) is 17.1. The van der Waals surface area contributed by atoms with Crippen LogP contribution in [0.1, 0.15) is 376 Å². The summed E-state index contributed by atoms with van der Waals surface area (Å²) in [6, 6.07) is 0. The van der Waals surface area contributed by atoms with Crippen molar-refractivity contribution in [2.75, 3.05) is 39.6 Å². The lowest BCUT2D eigenvalue weighted by Gasteiger charge is -2.21. The molecular weight excluding hydrogens is 1220 g/mol. The topological polar surface area (TPSA) is 237 Å². The molecule has 3 N–H and O–H groups in total. The molecule has 0 fully saturated rings. The Balaban J connectivity index is 5.20. The molecule has 0 aromatic carbocycles. The summed E-state index contributed by atoms with van der Waals surface area (Å²) in [5, 5.41) is 10.6. The van der Waals surface area contributed by atoms with E-state index in [1.807, 2.05) is 0 Å². The monoisotopic (exact) mass is 1370 g/mol. The van der Waals surface area contributed by atoms with Gasteiger partial charge < -0.3 is 33.8 Å². The molecule has 5 atom stereocenters. The lowest BCUT2D eigenvalue weighted by molar-refractivity contribution is -0.161. The second-order valence-corrected chi connectivity index (χ2v) is 31.0. The minimum Gasteiger partial charge on any atom is -0.462 e. The van der Waals surface area contributed by atoms with Crippen molar-refractivity contribution in [2.45, 2.75) is 394 Å². The van der Waals surface area contributed by atoms with E-state index in [0.29, 0.717) is 25.7 Å². The Labute approximate surface area is 568 Å². The SMILES string of the molecule is CCCCCCCCCC(=O)OC[C@H](COP(=O)(O)OC[C@H](O)COP(=O)(O)OC[C@@H](COC(=O)CCCCCCCCCCCCCCCC(C)C)OC(=O)CCCCCCCCCCCCCCCCCC(C)C)OC(=O)CCCCCCCCCCCC(C)C. The zero-order valence-electron chi connectivity index (χ0n) is 60.7. The summed E-state index contributed by atoms with van der Waals surface area (Å²) in [5.74, 6) is 0.205. The molecule has 0 aliphatic rings. The van der Waals surface area contributed by atoms with Gasteiger partial charge in [-0.15, -0.1) is 0 Å². The average molecular weight is 1370 g/mol. The van der Waals surface area contributed by atoms with E-state index in [0.717, 1.165) is 120 Å². The number of phosphoric acid groups is 2. The maximum atomic E-state index is 13.1. The Morgan fingerprint density at radius 2 is 0.495 bits per heavy atom. The van der Waals surface area contributed by atoms with E-state index in [9.17, 15) is 43.2 Å². The molecule has 0 amide bonds. The molecule has 0 spiro atoms. The molecule has 0 aromatic rings. The first kappa shape index (κ1) is 91.1. The Bertz CT molecular complexity index is 1820. The molecule has 93 heavy (non-hydrogen) atoms. The second kappa shape index (κ2) is 64.7. The smallest absolute Gasteiger partial charge is 0.462 e. The number of hydrogen-bond donors (Lipinski definition) is 3. The summed E-state index contributed by atoms with van der Waals surface area (Å²) >= 11 is 0. The lowest BCUT2D eigenvalue weighted by atomic mass is 10.0. The van der Waals surface area contributed by atoms with Crippen LogP contribution in [0.4, 0.5) is 0 Å². The van der Waals surface area contributed by atoms with Gasteiger partial charge in [-0.3, -0.25) is 37.3 Å². The normalized spacial score (nSPS) is 14.1. The molecule has 552 valence electrons. The number of esters is 4. The number of carbonyl (C=O) groups is 4. The minimum absolute atomic E-state index is 0.105. The molecule has 17 nitrogen and oxygen atoms in total. The van der Waals surface area contributed by atoms with Crippen LogP contribution in [0.25, 0.3) is 0 Å². The van der Waals surface area contributed by atoms with Gasteiger partial charge in [0.1, 0.15) is 19.3 Å². The second-order valence-electron chi connectivity index (χ2n) is 28.1. The van der Waals surface area contributed by atoms with Crippen LogP contribution >= 0.6 is 15.6 Å². The first-order valence-corrected chi connectivity index (χ1v) is 41.3. The van der Waals surface area contributed by atoms with Gasteiger partial charge in [0, 0.05) is 25.7 Å². The number of aliphatic hydroxyl groups excluding tert-OH is 1. The number of rotatable bonds is 72. The zero-order chi connectivity index (χ0) is 68.7. The minimum atomic E-state index is -4.96. The fourth-order valence-corrected chi connectivity index (χ4v) is 12.8. The van der Waals surface area contributed by atoms with Crippen molar-refractivity contribution < 1.29 is 80.2 Å². The highest BCUT2D eigenvalue weighted by atomic mass is 31.2. The van der Waals surface area contributed by atoms with Gasteiger partial charge in [0.05, 0.1) is 26.4 Å². The summed E-state index contributed by atoms with van der Waals surface area (Å²) in [7, 11) is -9.90. The average Bonchev–Trinajstić information content (AvgIpc) is 1.71. The van der Waals surface area contributed by atoms with Gasteiger partial charge in [0.25, 0.3) is 0 Å². The first-order valence-electron chi connectivity index (χ1n) is 38.3. The summed E-state index contributed by atoms with van der Waals surface area (Å²) < 4.78 is 68.3. The van der Waals surface area contributed by atoms with Crippen LogP contribution in [0.2, 0.25) is 0 Å². The molecule has 0 rings (SSSR count). The van der Waals surface area contributed by atoms with E-state index in [4.69, 9.17) is 37.0 Å². The number of unbranched alkanes of at least 4 members (excludes halogenated alkanes) is 40. The van der Waals surface area contributed by atoms with Gasteiger partial charge >= 0.3 is 39.5 Å². The molecule has 0 heterocycles. The van der Waals surface area contributed by atoms with E-state index in [1.54, 1.807) is 0 Å². The van der Waals surface area contributed by atoms with E-state index in [-0.39, 0.29) is 25.7 Å². The van der Waals surface area contributed by atoms with Crippen LogP contribution in [0, 0.1) is 17.8 Å². The summed E-state index contributed by atoms with van der Waals surface area (Å²) in [4.78, 5) is 72.6. The number of aliphatic hydroxyl groups is 1. The highest BCUT2D eigenvalue weighted by Crippen LogP contribution is 2.45. The fraction of sp³-hybridized carbons (Fsp3) is 0.946. The summed E-state index contributed by atoms with van der Waals surface area (Å²) in [6.07, 6.45) is 50.1. The Morgan fingerprint density at radius 3 is 0.731 bits per heavy atom. The number of phosphoric ester groups is 2. The number of carbonyl (C=O) groups excluding carboxylic acids is 4. The molecule has 0 aromatic heterocycles. The highest BCUT2D eigenvalue weighted by molar-refractivity contribution is 7.47. The van der Waals surface area contributed by atoms with Gasteiger partial charge in [-0.1, -0.05) is 325 Å². The van der Waals surface area contributed by atoms with Crippen molar-refractivity contribution in [2.24, 2.45) is 17.8 Å². The van der Waals surface area contributed by atoms with E-state index >= 15 is 0 Å². The van der Waals surface area contributed by atoms with Gasteiger partial charge in [0.15, 0.2) is 12.2 Å². The maximum absolute atomic E-state index is 13.1. The first-order chi connectivity index (χ1) is 44.7. The van der Waals surface area contributed by atoms with Crippen LogP contribution < -0.4 is 0 Å². The zero-order valence-corrected chi connectivity index (χ0v) is 62.5. The maximum Gasteiger partial charge on any atom is 0.472 e. The van der Waals surface area contributed by atoms with Crippen molar-refractivity contribution in [3.63, 3.8) is 0 Å². The quantitative estimate of drug-likeness (QED) is 0.0222. The van der Waals surface area contributed by atoms with Gasteiger partial charge in [-0.05, 0) is 43.4 Å². The van der Waals surface area contributed by atoms with E-state index in [2.05, 4.69) is 48.5 Å². The molecule has 0 saturated heterocycles. The predicted molar refractivity (Wildman–Crippen MR) is 377 cm³/mol. The molecule has 2 unspecified atom stereocenters. The van der Waals surface area contributed by atoms with Crippen molar-refractivity contribution in [3.05, 3.63) is 0 Å². The molecule has 0 aliphatic carbocycles. The summed E-state index contributed by atoms with van der Waals surface area (Å²) in [6.45, 7) is 11.9. The van der Waals surface area contributed by atoms with Gasteiger partial charge in [0.2, 0.25) is 0 Å². The third kappa shape index (κ3) is 68.4. The molecular formula is C74H144O17P2. The molecule has 0 radical (unpaired) electrons. The number of hydrogen-bond acceptors (Lipinski definition) is 15. The molecule has 0 bridgehead atoms. The Morgan fingerprint density at radius 1 is 0.290 bits per heavy atom. The van der Waals surface area contributed by atoms with Crippen LogP contribution in [-0.4, -0.2) is 96.7 Å². The van der Waals surface area contributed by atoms with Crippen LogP contribution in [0.5, 0.6) is 0 Å². The van der Waals surface area contributed by atoms with Crippen molar-refractivity contribution in [1.29, 1.82) is 0 Å². The van der Waals surface area contributed by atoms with Crippen LogP contribution in [0.15, 0.2) is 0 Å². The number of ether oxygens (including phenoxy) is 4. The lowest BCUT2D eigenvalue weighted by Crippen LogP contribution is -2.30. The van der Waals surface area contributed by atoms with Gasteiger partial charge in [-0.25, -0.2) is 9.13 Å². The summed E-state index contributed by atoms with van der Waals surface area (Å²) in [5.41, 5.74) is 0. The Kier molecular flexibility index (Phi) is 63.4. The predicted octanol–water partition coefficient (Wildman–Crippen LogP) is 21.4.